The standard InChI is InChI=1S/C18H32N2O/c1-11(2)15-14-10-13(17(5,6)19-15)8-9-18(14,7)20-16(21)12(3)4/h11-14H,8-10H2,1-7H3,(H,20,21)/t13-,14+,18+/m0/s1. The third-order valence-electron chi connectivity index (χ3n) is 5.60. The van der Waals surface area contributed by atoms with Gasteiger partial charge in [-0.1, -0.05) is 27.7 Å². The van der Waals surface area contributed by atoms with Crippen molar-refractivity contribution in [2.75, 3.05) is 0 Å². The van der Waals surface area contributed by atoms with Gasteiger partial charge in [0.2, 0.25) is 5.91 Å². The van der Waals surface area contributed by atoms with E-state index in [1.165, 1.54) is 12.1 Å². The van der Waals surface area contributed by atoms with E-state index in [1.807, 2.05) is 13.8 Å². The number of fused-ring (bicyclic) bond motifs is 2. The number of rotatable bonds is 3. The first kappa shape index (κ1) is 16.5. The van der Waals surface area contributed by atoms with Gasteiger partial charge in [-0.2, -0.15) is 0 Å². The Morgan fingerprint density at radius 3 is 2.38 bits per heavy atom. The van der Waals surface area contributed by atoms with Crippen LogP contribution in [0.25, 0.3) is 0 Å². The van der Waals surface area contributed by atoms with Crippen molar-refractivity contribution >= 4 is 11.6 Å². The molecule has 0 aromatic heterocycles. The lowest BCUT2D eigenvalue weighted by Crippen LogP contribution is -2.61. The molecule has 3 nitrogen and oxygen atoms in total. The summed E-state index contributed by atoms with van der Waals surface area (Å²) in [5, 5.41) is 3.34. The van der Waals surface area contributed by atoms with Gasteiger partial charge >= 0.3 is 0 Å². The average Bonchev–Trinajstić information content (AvgIpc) is 2.35. The summed E-state index contributed by atoms with van der Waals surface area (Å²) in [6.45, 7) is 15.2. The van der Waals surface area contributed by atoms with Crippen LogP contribution in [0.1, 0.15) is 67.7 Å². The minimum Gasteiger partial charge on any atom is -0.350 e. The van der Waals surface area contributed by atoms with Crippen molar-refractivity contribution in [2.24, 2.45) is 28.7 Å². The third kappa shape index (κ3) is 3.02. The Kier molecular flexibility index (Phi) is 4.25. The maximum absolute atomic E-state index is 12.2. The predicted molar refractivity (Wildman–Crippen MR) is 88.6 cm³/mol. The van der Waals surface area contributed by atoms with E-state index in [0.29, 0.717) is 17.8 Å². The van der Waals surface area contributed by atoms with Gasteiger partial charge in [0.15, 0.2) is 0 Å². The number of hydrogen-bond donors (Lipinski definition) is 1. The highest BCUT2D eigenvalue weighted by Gasteiger charge is 2.50. The minimum atomic E-state index is -0.128. The SMILES string of the molecule is CC(C)C(=O)N[C@]1(C)CC[C@H]2C[C@@H]1C(C(C)C)=NC2(C)C. The Hall–Kier alpha value is -0.860. The van der Waals surface area contributed by atoms with Crippen molar-refractivity contribution in [3.63, 3.8) is 0 Å². The molecule has 21 heavy (non-hydrogen) atoms. The van der Waals surface area contributed by atoms with Gasteiger partial charge in [-0.3, -0.25) is 9.79 Å². The van der Waals surface area contributed by atoms with Crippen LogP contribution in [-0.4, -0.2) is 22.7 Å². The molecule has 1 aliphatic carbocycles. The van der Waals surface area contributed by atoms with E-state index in [9.17, 15) is 4.79 Å². The molecule has 1 saturated carbocycles. The number of aliphatic imine (C=N–C) groups is 1. The molecular formula is C18H32N2O. The summed E-state index contributed by atoms with van der Waals surface area (Å²) < 4.78 is 0. The van der Waals surface area contributed by atoms with Crippen LogP contribution >= 0.6 is 0 Å². The summed E-state index contributed by atoms with van der Waals surface area (Å²) in [6.07, 6.45) is 3.39. The van der Waals surface area contributed by atoms with E-state index in [-0.39, 0.29) is 22.9 Å². The fourth-order valence-electron chi connectivity index (χ4n) is 4.01. The molecule has 1 heterocycles. The second-order valence-corrected chi connectivity index (χ2v) is 8.43. The summed E-state index contributed by atoms with van der Waals surface area (Å²) in [5.41, 5.74) is 1.24. The molecule has 3 heteroatoms. The van der Waals surface area contributed by atoms with Gasteiger partial charge in [0.1, 0.15) is 0 Å². The Balaban J connectivity index is 2.34. The second kappa shape index (κ2) is 5.40. The molecule has 0 unspecified atom stereocenters. The maximum atomic E-state index is 12.2. The highest BCUT2D eigenvalue weighted by atomic mass is 16.2. The van der Waals surface area contributed by atoms with Gasteiger partial charge in [0, 0.05) is 23.1 Å². The summed E-state index contributed by atoms with van der Waals surface area (Å²) in [5.74, 6) is 1.70. The van der Waals surface area contributed by atoms with Crippen LogP contribution in [-0.2, 0) is 4.79 Å². The first-order chi connectivity index (χ1) is 9.57. The second-order valence-electron chi connectivity index (χ2n) is 8.43. The molecule has 1 aliphatic heterocycles. The number of carbonyl (C=O) groups excluding carboxylic acids is 1. The van der Waals surface area contributed by atoms with Gasteiger partial charge in [-0.15, -0.1) is 0 Å². The predicted octanol–water partition coefficient (Wildman–Crippen LogP) is 3.82. The summed E-state index contributed by atoms with van der Waals surface area (Å²) in [4.78, 5) is 17.3. The zero-order valence-electron chi connectivity index (χ0n) is 14.8. The lowest BCUT2D eigenvalue weighted by molar-refractivity contribution is -0.126. The molecule has 0 aromatic rings. The Bertz CT molecular complexity index is 450. The first-order valence-electron chi connectivity index (χ1n) is 8.48. The van der Waals surface area contributed by atoms with Crippen molar-refractivity contribution in [1.82, 2.24) is 5.32 Å². The van der Waals surface area contributed by atoms with Gasteiger partial charge in [-0.25, -0.2) is 0 Å². The number of carbonyl (C=O) groups is 1. The molecule has 1 amide bonds. The number of hydrogen-bond acceptors (Lipinski definition) is 2. The lowest BCUT2D eigenvalue weighted by atomic mass is 9.60. The first-order valence-corrected chi connectivity index (χ1v) is 8.48. The largest absolute Gasteiger partial charge is 0.350 e. The van der Waals surface area contributed by atoms with Crippen molar-refractivity contribution in [1.29, 1.82) is 0 Å². The monoisotopic (exact) mass is 292 g/mol. The van der Waals surface area contributed by atoms with Crippen LogP contribution in [0.4, 0.5) is 0 Å². The molecule has 1 fully saturated rings. The van der Waals surface area contributed by atoms with Gasteiger partial charge < -0.3 is 5.32 Å². The molecular weight excluding hydrogens is 260 g/mol. The van der Waals surface area contributed by atoms with Crippen LogP contribution in [0.2, 0.25) is 0 Å². The van der Waals surface area contributed by atoms with E-state index in [2.05, 4.69) is 39.9 Å². The quantitative estimate of drug-likeness (QED) is 0.844. The number of amides is 1. The normalized spacial score (nSPS) is 34.8. The minimum absolute atomic E-state index is 0.0408. The van der Waals surface area contributed by atoms with Crippen LogP contribution in [0.5, 0.6) is 0 Å². The fourth-order valence-corrected chi connectivity index (χ4v) is 4.01. The van der Waals surface area contributed by atoms with Crippen molar-refractivity contribution < 1.29 is 4.79 Å². The highest BCUT2D eigenvalue weighted by Crippen LogP contribution is 2.48. The molecule has 120 valence electrons. The number of nitrogens with one attached hydrogen (secondary N) is 1. The molecule has 3 atom stereocenters. The van der Waals surface area contributed by atoms with Gasteiger partial charge in [0.25, 0.3) is 0 Å². The summed E-state index contributed by atoms with van der Waals surface area (Å²) >= 11 is 0. The topological polar surface area (TPSA) is 41.5 Å². The van der Waals surface area contributed by atoms with E-state index in [1.54, 1.807) is 0 Å². The van der Waals surface area contributed by atoms with E-state index in [0.717, 1.165) is 12.8 Å². The fraction of sp³-hybridized carbons (Fsp3) is 0.889. The van der Waals surface area contributed by atoms with Crippen molar-refractivity contribution in [2.45, 2.75) is 78.8 Å². The van der Waals surface area contributed by atoms with E-state index in [4.69, 9.17) is 4.99 Å². The lowest BCUT2D eigenvalue weighted by Gasteiger charge is -2.53. The van der Waals surface area contributed by atoms with Crippen LogP contribution in [0.3, 0.4) is 0 Å². The van der Waals surface area contributed by atoms with Gasteiger partial charge in [-0.05, 0) is 51.9 Å². The van der Waals surface area contributed by atoms with Crippen LogP contribution in [0.15, 0.2) is 4.99 Å². The molecule has 0 saturated heterocycles. The molecule has 1 N–H and O–H groups in total. The summed E-state index contributed by atoms with van der Waals surface area (Å²) in [6, 6.07) is 0. The van der Waals surface area contributed by atoms with Crippen LogP contribution in [0, 0.1) is 23.7 Å². The van der Waals surface area contributed by atoms with Gasteiger partial charge in [0.05, 0.1) is 5.54 Å². The maximum Gasteiger partial charge on any atom is 0.222 e. The third-order valence-corrected chi connectivity index (χ3v) is 5.60. The van der Waals surface area contributed by atoms with E-state index < -0.39 is 0 Å². The smallest absolute Gasteiger partial charge is 0.222 e. The zero-order chi connectivity index (χ0) is 16.0. The Morgan fingerprint density at radius 2 is 1.86 bits per heavy atom. The molecule has 0 spiro atoms. The average molecular weight is 292 g/mol. The number of nitrogens with zero attached hydrogens (tertiary/aromatic N) is 1. The van der Waals surface area contributed by atoms with E-state index >= 15 is 0 Å². The molecule has 0 aromatic carbocycles. The van der Waals surface area contributed by atoms with Crippen molar-refractivity contribution in [3.8, 4) is 0 Å². The zero-order valence-corrected chi connectivity index (χ0v) is 14.8. The Morgan fingerprint density at radius 1 is 1.24 bits per heavy atom. The molecule has 0 radical (unpaired) electrons. The summed E-state index contributed by atoms with van der Waals surface area (Å²) in [7, 11) is 0. The molecule has 2 rings (SSSR count). The molecule has 2 aliphatic rings. The van der Waals surface area contributed by atoms with Crippen molar-refractivity contribution in [3.05, 3.63) is 0 Å². The highest BCUT2D eigenvalue weighted by molar-refractivity contribution is 5.91. The Labute approximate surface area is 130 Å². The molecule has 2 bridgehead atoms. The van der Waals surface area contributed by atoms with Crippen LogP contribution < -0.4 is 5.32 Å².